The van der Waals surface area contributed by atoms with Crippen molar-refractivity contribution in [2.24, 2.45) is 0 Å². The van der Waals surface area contributed by atoms with E-state index in [9.17, 15) is 8.42 Å². The first-order valence-corrected chi connectivity index (χ1v) is 8.32. The number of ether oxygens (including phenoxy) is 1. The van der Waals surface area contributed by atoms with Gasteiger partial charge in [-0.05, 0) is 13.3 Å². The summed E-state index contributed by atoms with van der Waals surface area (Å²) in [6.45, 7) is 7.91. The van der Waals surface area contributed by atoms with Gasteiger partial charge in [-0.3, -0.25) is 4.68 Å². The Morgan fingerprint density at radius 3 is 2.65 bits per heavy atom. The Balaban J connectivity index is 2.95. The first kappa shape index (κ1) is 16.9. The van der Waals surface area contributed by atoms with E-state index in [1.807, 2.05) is 13.8 Å². The lowest BCUT2D eigenvalue weighted by atomic mass is 10.5. The molecule has 1 aromatic rings. The summed E-state index contributed by atoms with van der Waals surface area (Å²) in [5, 5.41) is 4.04. The maximum absolute atomic E-state index is 12.5. The van der Waals surface area contributed by atoms with Crippen LogP contribution < -0.4 is 5.73 Å². The number of aromatic nitrogens is 2. The Labute approximate surface area is 120 Å². The van der Waals surface area contributed by atoms with E-state index in [2.05, 4.69) is 5.10 Å². The van der Waals surface area contributed by atoms with Crippen molar-refractivity contribution in [2.45, 2.75) is 38.6 Å². The molecule has 0 radical (unpaired) electrons. The third-order valence-corrected chi connectivity index (χ3v) is 4.86. The highest BCUT2D eigenvalue weighted by atomic mass is 32.2. The van der Waals surface area contributed by atoms with Crippen LogP contribution in [0.1, 0.15) is 27.2 Å². The van der Waals surface area contributed by atoms with E-state index in [1.165, 1.54) is 10.5 Å². The number of anilines is 1. The predicted octanol–water partition coefficient (Wildman–Crippen LogP) is 0.922. The molecule has 0 spiro atoms. The molecule has 0 fully saturated rings. The second-order valence-electron chi connectivity index (χ2n) is 4.34. The third-order valence-electron chi connectivity index (χ3n) is 2.87. The zero-order valence-electron chi connectivity index (χ0n) is 12.4. The second kappa shape index (κ2) is 7.61. The summed E-state index contributed by atoms with van der Waals surface area (Å²) in [6, 6.07) is 0. The van der Waals surface area contributed by atoms with Crippen LogP contribution in [-0.4, -0.2) is 48.8 Å². The fourth-order valence-corrected chi connectivity index (χ4v) is 3.35. The van der Waals surface area contributed by atoms with E-state index in [1.54, 1.807) is 11.6 Å². The predicted molar refractivity (Wildman–Crippen MR) is 77.9 cm³/mol. The molecule has 8 heteroatoms. The Morgan fingerprint density at radius 1 is 1.40 bits per heavy atom. The van der Waals surface area contributed by atoms with Crippen molar-refractivity contribution >= 4 is 15.8 Å². The molecule has 0 saturated heterocycles. The largest absolute Gasteiger partial charge is 0.381 e. The van der Waals surface area contributed by atoms with Gasteiger partial charge < -0.3 is 10.5 Å². The van der Waals surface area contributed by atoms with Crippen LogP contribution in [0.4, 0.5) is 5.82 Å². The van der Waals surface area contributed by atoms with Crippen LogP contribution >= 0.6 is 0 Å². The van der Waals surface area contributed by atoms with Gasteiger partial charge in [0.15, 0.2) is 5.82 Å². The van der Waals surface area contributed by atoms with Gasteiger partial charge in [0.2, 0.25) is 10.0 Å². The van der Waals surface area contributed by atoms with Gasteiger partial charge in [0, 0.05) is 32.4 Å². The van der Waals surface area contributed by atoms with Gasteiger partial charge >= 0.3 is 0 Å². The summed E-state index contributed by atoms with van der Waals surface area (Å²) in [5.74, 6) is 0.0494. The third kappa shape index (κ3) is 3.94. The molecule has 1 heterocycles. The average Bonchev–Trinajstić information content (AvgIpc) is 2.76. The summed E-state index contributed by atoms with van der Waals surface area (Å²) in [7, 11) is -3.61. The number of rotatable bonds is 9. The first-order chi connectivity index (χ1) is 9.47. The summed E-state index contributed by atoms with van der Waals surface area (Å²) >= 11 is 0. The van der Waals surface area contributed by atoms with Crippen molar-refractivity contribution in [3.8, 4) is 0 Å². The minimum Gasteiger partial charge on any atom is -0.381 e. The van der Waals surface area contributed by atoms with Crippen LogP contribution in [-0.2, 0) is 21.3 Å². The molecule has 0 saturated carbocycles. The van der Waals surface area contributed by atoms with E-state index in [0.717, 1.165) is 6.42 Å². The molecule has 1 rings (SSSR count). The van der Waals surface area contributed by atoms with Crippen LogP contribution in [0.3, 0.4) is 0 Å². The number of nitrogen functional groups attached to an aromatic ring is 1. The van der Waals surface area contributed by atoms with Crippen LogP contribution in [0.15, 0.2) is 11.1 Å². The smallest absolute Gasteiger partial charge is 0.248 e. The molecule has 0 aliphatic rings. The zero-order chi connectivity index (χ0) is 15.2. The molecule has 20 heavy (non-hydrogen) atoms. The number of nitrogens with two attached hydrogens (primary N) is 1. The number of hydrogen-bond acceptors (Lipinski definition) is 5. The Morgan fingerprint density at radius 2 is 2.10 bits per heavy atom. The Kier molecular flexibility index (Phi) is 6.44. The van der Waals surface area contributed by atoms with Crippen molar-refractivity contribution in [3.63, 3.8) is 0 Å². The SMILES string of the molecule is CCCn1cc(S(=O)(=O)N(CC)CCOCC)c(N)n1. The van der Waals surface area contributed by atoms with Crippen LogP contribution in [0, 0.1) is 0 Å². The number of hydrogen-bond donors (Lipinski definition) is 1. The monoisotopic (exact) mass is 304 g/mol. The zero-order valence-corrected chi connectivity index (χ0v) is 13.2. The molecular weight excluding hydrogens is 280 g/mol. The standard InChI is InChI=1S/C12H24N4O3S/c1-4-7-15-10-11(12(13)14-15)20(17,18)16(5-2)8-9-19-6-3/h10H,4-9H2,1-3H3,(H2,13,14). The normalized spacial score (nSPS) is 12.2. The summed E-state index contributed by atoms with van der Waals surface area (Å²) in [6.07, 6.45) is 2.36. The molecule has 0 atom stereocenters. The molecule has 116 valence electrons. The van der Waals surface area contributed by atoms with E-state index < -0.39 is 10.0 Å². The average molecular weight is 304 g/mol. The molecule has 0 bridgehead atoms. The maximum Gasteiger partial charge on any atom is 0.248 e. The lowest BCUT2D eigenvalue weighted by molar-refractivity contribution is 0.135. The van der Waals surface area contributed by atoms with Gasteiger partial charge in [-0.25, -0.2) is 8.42 Å². The number of sulfonamides is 1. The van der Waals surface area contributed by atoms with Gasteiger partial charge in [0.25, 0.3) is 0 Å². The summed E-state index contributed by atoms with van der Waals surface area (Å²) in [4.78, 5) is 0.0734. The molecule has 0 aliphatic heterocycles. The molecule has 0 aromatic carbocycles. The number of aryl methyl sites for hydroxylation is 1. The lowest BCUT2D eigenvalue weighted by Crippen LogP contribution is -2.34. The fraction of sp³-hybridized carbons (Fsp3) is 0.750. The van der Waals surface area contributed by atoms with E-state index in [4.69, 9.17) is 10.5 Å². The highest BCUT2D eigenvalue weighted by Crippen LogP contribution is 2.21. The van der Waals surface area contributed by atoms with Gasteiger partial charge in [-0.15, -0.1) is 0 Å². The van der Waals surface area contributed by atoms with Gasteiger partial charge in [-0.2, -0.15) is 9.40 Å². The van der Waals surface area contributed by atoms with Crippen LogP contribution in [0.2, 0.25) is 0 Å². The topological polar surface area (TPSA) is 90.5 Å². The van der Waals surface area contributed by atoms with Crippen molar-refractivity contribution in [3.05, 3.63) is 6.20 Å². The minimum atomic E-state index is -3.61. The van der Waals surface area contributed by atoms with E-state index in [-0.39, 0.29) is 10.7 Å². The highest BCUT2D eigenvalue weighted by Gasteiger charge is 2.27. The molecule has 1 aromatic heterocycles. The molecule has 0 amide bonds. The molecular formula is C12H24N4O3S. The quantitative estimate of drug-likeness (QED) is 0.685. The van der Waals surface area contributed by atoms with Crippen LogP contribution in [0.5, 0.6) is 0 Å². The fourth-order valence-electron chi connectivity index (χ4n) is 1.86. The first-order valence-electron chi connectivity index (χ1n) is 6.88. The maximum atomic E-state index is 12.5. The molecule has 0 unspecified atom stereocenters. The van der Waals surface area contributed by atoms with E-state index >= 15 is 0 Å². The van der Waals surface area contributed by atoms with Crippen molar-refractivity contribution in [2.75, 3.05) is 32.0 Å². The van der Waals surface area contributed by atoms with Gasteiger partial charge in [0.1, 0.15) is 4.90 Å². The number of likely N-dealkylation sites (N-methyl/N-ethyl adjacent to an activating group) is 1. The van der Waals surface area contributed by atoms with Crippen molar-refractivity contribution in [1.29, 1.82) is 0 Å². The van der Waals surface area contributed by atoms with E-state index in [0.29, 0.717) is 32.8 Å². The highest BCUT2D eigenvalue weighted by molar-refractivity contribution is 7.89. The van der Waals surface area contributed by atoms with Gasteiger partial charge in [-0.1, -0.05) is 13.8 Å². The van der Waals surface area contributed by atoms with Crippen molar-refractivity contribution in [1.82, 2.24) is 14.1 Å². The Bertz CT molecular complexity index is 513. The Hall–Kier alpha value is -1.12. The van der Waals surface area contributed by atoms with Crippen molar-refractivity contribution < 1.29 is 13.2 Å². The van der Waals surface area contributed by atoms with Crippen LogP contribution in [0.25, 0.3) is 0 Å². The van der Waals surface area contributed by atoms with Gasteiger partial charge in [0.05, 0.1) is 6.61 Å². The second-order valence-corrected chi connectivity index (χ2v) is 6.24. The molecule has 2 N–H and O–H groups in total. The summed E-state index contributed by atoms with van der Waals surface area (Å²) < 4.78 is 33.2. The summed E-state index contributed by atoms with van der Waals surface area (Å²) in [5.41, 5.74) is 5.74. The lowest BCUT2D eigenvalue weighted by Gasteiger charge is -2.19. The molecule has 0 aliphatic carbocycles. The molecule has 7 nitrogen and oxygen atoms in total. The number of nitrogens with zero attached hydrogens (tertiary/aromatic N) is 3. The minimum absolute atomic E-state index is 0.0494.